The Balaban J connectivity index is 2.48. The molecule has 0 saturated heterocycles. The van der Waals surface area contributed by atoms with Gasteiger partial charge in [-0.1, -0.05) is 18.2 Å². The smallest absolute Gasteiger partial charge is 0.321 e. The lowest BCUT2D eigenvalue weighted by Crippen LogP contribution is -2.47. The molecule has 3 N–H and O–H groups in total. The lowest BCUT2D eigenvalue weighted by Gasteiger charge is -2.15. The van der Waals surface area contributed by atoms with Gasteiger partial charge in [0.15, 0.2) is 0 Å². The molecule has 0 saturated carbocycles. The van der Waals surface area contributed by atoms with Crippen LogP contribution in [0.1, 0.15) is 19.4 Å². The number of ether oxygens (including phenoxy) is 1. The Morgan fingerprint density at radius 2 is 2.00 bits per heavy atom. The highest BCUT2D eigenvalue weighted by Crippen LogP contribution is 2.16. The van der Waals surface area contributed by atoms with Gasteiger partial charge in [-0.15, -0.1) is 0 Å². The maximum Gasteiger partial charge on any atom is 0.321 e. The normalized spacial score (nSPS) is 11.6. The van der Waals surface area contributed by atoms with Crippen LogP contribution in [-0.2, 0) is 11.3 Å². The van der Waals surface area contributed by atoms with Gasteiger partial charge >= 0.3 is 6.03 Å². The number of methoxy groups -OCH3 is 1. The van der Waals surface area contributed by atoms with Crippen LogP contribution in [0.25, 0.3) is 0 Å². The Morgan fingerprint density at radius 1 is 1.30 bits per heavy atom. The van der Waals surface area contributed by atoms with E-state index in [1.807, 2.05) is 24.3 Å². The van der Waals surface area contributed by atoms with Crippen molar-refractivity contribution in [1.29, 1.82) is 0 Å². The topological polar surface area (TPSA) is 79.5 Å². The molecule has 1 rings (SSSR count). The Labute approximate surface area is 118 Å². The Hall–Kier alpha value is -2.08. The van der Waals surface area contributed by atoms with Crippen molar-refractivity contribution in [2.45, 2.75) is 26.4 Å². The third-order valence-corrected chi connectivity index (χ3v) is 2.76. The fraction of sp³-hybridized carbons (Fsp3) is 0.429. The molecule has 6 heteroatoms. The first-order valence-corrected chi connectivity index (χ1v) is 6.52. The highest BCUT2D eigenvalue weighted by molar-refractivity contribution is 5.96. The maximum atomic E-state index is 11.7. The molecule has 0 aliphatic rings. The van der Waals surface area contributed by atoms with Crippen LogP contribution in [0.5, 0.6) is 5.75 Å². The summed E-state index contributed by atoms with van der Waals surface area (Å²) in [5.41, 5.74) is 0.952. The molecule has 1 unspecified atom stereocenters. The Morgan fingerprint density at radius 3 is 2.65 bits per heavy atom. The minimum Gasteiger partial charge on any atom is -0.496 e. The molecule has 0 fully saturated rings. The van der Waals surface area contributed by atoms with Crippen molar-refractivity contribution < 1.29 is 14.3 Å². The lowest BCUT2D eigenvalue weighted by atomic mass is 10.2. The Kier molecular flexibility index (Phi) is 6.52. The highest BCUT2D eigenvalue weighted by atomic mass is 16.5. The van der Waals surface area contributed by atoms with Gasteiger partial charge in [-0.2, -0.15) is 0 Å². The molecule has 0 heterocycles. The summed E-state index contributed by atoms with van der Waals surface area (Å²) in [6, 6.07) is 6.59. The molecule has 0 radical (unpaired) electrons. The second-order valence-corrected chi connectivity index (χ2v) is 4.26. The molecule has 1 atom stereocenters. The summed E-state index contributed by atoms with van der Waals surface area (Å²) >= 11 is 0. The number of amides is 3. The van der Waals surface area contributed by atoms with Crippen LogP contribution in [0.3, 0.4) is 0 Å². The van der Waals surface area contributed by atoms with Gasteiger partial charge in [-0.3, -0.25) is 10.1 Å². The lowest BCUT2D eigenvalue weighted by molar-refractivity contribution is -0.121. The first kappa shape index (κ1) is 16.0. The summed E-state index contributed by atoms with van der Waals surface area (Å²) < 4.78 is 5.23. The molecule has 110 valence electrons. The van der Waals surface area contributed by atoms with Crippen LogP contribution < -0.4 is 20.7 Å². The van der Waals surface area contributed by atoms with E-state index in [4.69, 9.17) is 4.74 Å². The van der Waals surface area contributed by atoms with Crippen molar-refractivity contribution in [2.24, 2.45) is 0 Å². The van der Waals surface area contributed by atoms with E-state index in [0.29, 0.717) is 13.1 Å². The molecule has 6 nitrogen and oxygen atoms in total. The number of benzene rings is 1. The maximum absolute atomic E-state index is 11.7. The number of urea groups is 1. The van der Waals surface area contributed by atoms with Gasteiger partial charge in [0, 0.05) is 18.7 Å². The molecule has 0 aliphatic heterocycles. The molecule has 0 aromatic heterocycles. The fourth-order valence-corrected chi connectivity index (χ4v) is 1.63. The zero-order chi connectivity index (χ0) is 15.0. The van der Waals surface area contributed by atoms with Gasteiger partial charge in [0.25, 0.3) is 0 Å². The number of rotatable bonds is 6. The van der Waals surface area contributed by atoms with E-state index >= 15 is 0 Å². The number of imide groups is 1. The standard InChI is InChI=1S/C14H21N3O3/c1-4-15-14(19)17-13(18)10(2)16-9-11-7-5-6-8-12(11)20-3/h5-8,10,16H,4,9H2,1-3H3,(H2,15,17,18,19). The van der Waals surface area contributed by atoms with Crippen molar-refractivity contribution in [2.75, 3.05) is 13.7 Å². The predicted molar refractivity (Wildman–Crippen MR) is 76.5 cm³/mol. The molecular formula is C14H21N3O3. The molecule has 0 aliphatic carbocycles. The third kappa shape index (κ3) is 4.89. The van der Waals surface area contributed by atoms with Crippen LogP contribution in [0.2, 0.25) is 0 Å². The van der Waals surface area contributed by atoms with Gasteiger partial charge < -0.3 is 15.4 Å². The van der Waals surface area contributed by atoms with Gasteiger partial charge in [0.1, 0.15) is 5.75 Å². The summed E-state index contributed by atoms with van der Waals surface area (Å²) in [6.07, 6.45) is 0. The monoisotopic (exact) mass is 279 g/mol. The average molecular weight is 279 g/mol. The van der Waals surface area contributed by atoms with Crippen molar-refractivity contribution in [3.63, 3.8) is 0 Å². The average Bonchev–Trinajstić information content (AvgIpc) is 2.45. The summed E-state index contributed by atoms with van der Waals surface area (Å²) in [7, 11) is 1.60. The largest absolute Gasteiger partial charge is 0.496 e. The van der Waals surface area contributed by atoms with Gasteiger partial charge in [0.05, 0.1) is 13.2 Å². The number of hydrogen-bond acceptors (Lipinski definition) is 4. The minimum absolute atomic E-state index is 0.370. The number of hydrogen-bond donors (Lipinski definition) is 3. The van der Waals surface area contributed by atoms with Crippen molar-refractivity contribution in [3.05, 3.63) is 29.8 Å². The SMILES string of the molecule is CCNC(=O)NC(=O)C(C)NCc1ccccc1OC. The zero-order valence-corrected chi connectivity index (χ0v) is 12.0. The molecule has 0 spiro atoms. The minimum atomic E-state index is -0.484. The molecule has 1 aromatic carbocycles. The highest BCUT2D eigenvalue weighted by Gasteiger charge is 2.15. The van der Waals surface area contributed by atoms with E-state index in [-0.39, 0.29) is 5.91 Å². The number of carbonyl (C=O) groups excluding carboxylic acids is 2. The number of nitrogens with one attached hydrogen (secondary N) is 3. The van der Waals surface area contributed by atoms with E-state index in [2.05, 4.69) is 16.0 Å². The molecule has 0 bridgehead atoms. The van der Waals surface area contributed by atoms with E-state index < -0.39 is 12.1 Å². The van der Waals surface area contributed by atoms with E-state index in [9.17, 15) is 9.59 Å². The second-order valence-electron chi connectivity index (χ2n) is 4.26. The van der Waals surface area contributed by atoms with Crippen LogP contribution in [0, 0.1) is 0 Å². The predicted octanol–water partition coefficient (Wildman–Crippen LogP) is 1.02. The fourth-order valence-electron chi connectivity index (χ4n) is 1.63. The van der Waals surface area contributed by atoms with Gasteiger partial charge in [0.2, 0.25) is 5.91 Å². The molecule has 1 aromatic rings. The van der Waals surface area contributed by atoms with Crippen molar-refractivity contribution in [1.82, 2.24) is 16.0 Å². The van der Waals surface area contributed by atoms with Crippen molar-refractivity contribution >= 4 is 11.9 Å². The summed E-state index contributed by atoms with van der Waals surface area (Å²) in [4.78, 5) is 23.0. The van der Waals surface area contributed by atoms with Crippen LogP contribution in [-0.4, -0.2) is 31.6 Å². The molecular weight excluding hydrogens is 258 g/mol. The second kappa shape index (κ2) is 8.16. The zero-order valence-electron chi connectivity index (χ0n) is 12.0. The third-order valence-electron chi connectivity index (χ3n) is 2.76. The van der Waals surface area contributed by atoms with E-state index in [1.54, 1.807) is 21.0 Å². The Bertz CT molecular complexity index is 463. The number of carbonyl (C=O) groups is 2. The summed E-state index contributed by atoms with van der Waals surface area (Å²) in [5.74, 6) is 0.391. The number of para-hydroxylation sites is 1. The van der Waals surface area contributed by atoms with Crippen molar-refractivity contribution in [3.8, 4) is 5.75 Å². The van der Waals surface area contributed by atoms with E-state index in [1.165, 1.54) is 0 Å². The first-order chi connectivity index (χ1) is 9.58. The van der Waals surface area contributed by atoms with Crippen LogP contribution in [0.15, 0.2) is 24.3 Å². The van der Waals surface area contributed by atoms with E-state index in [0.717, 1.165) is 11.3 Å². The van der Waals surface area contributed by atoms with Gasteiger partial charge in [-0.25, -0.2) is 4.79 Å². The molecule has 20 heavy (non-hydrogen) atoms. The first-order valence-electron chi connectivity index (χ1n) is 6.52. The van der Waals surface area contributed by atoms with Crippen LogP contribution in [0.4, 0.5) is 4.79 Å². The summed E-state index contributed by atoms with van der Waals surface area (Å²) in [6.45, 7) is 4.44. The molecule has 3 amide bonds. The van der Waals surface area contributed by atoms with Gasteiger partial charge in [-0.05, 0) is 19.9 Å². The van der Waals surface area contributed by atoms with Crippen LogP contribution >= 0.6 is 0 Å². The quantitative estimate of drug-likeness (QED) is 0.726. The summed E-state index contributed by atoms with van der Waals surface area (Å²) in [5, 5.41) is 7.82.